The van der Waals surface area contributed by atoms with E-state index in [4.69, 9.17) is 0 Å². The van der Waals surface area contributed by atoms with Crippen molar-refractivity contribution < 1.29 is 0 Å². The molecule has 0 spiro atoms. The Hall–Kier alpha value is -2.11. The largest absolute Gasteiger partial charge is 0.146 e. The Labute approximate surface area is 175 Å². The lowest BCUT2D eigenvalue weighted by atomic mass is 10.1. The number of hydrogen-bond donors (Lipinski definition) is 0. The van der Waals surface area contributed by atoms with E-state index in [1.165, 1.54) is 0 Å². The monoisotopic (exact) mass is 402 g/mol. The third-order valence-electron chi connectivity index (χ3n) is 5.03. The second kappa shape index (κ2) is 10.4. The molecule has 0 radical (unpaired) electrons. The molecule has 0 unspecified atom stereocenters. The fraction of sp³-hybridized carbons (Fsp3) is 0.462. The second-order valence-electron chi connectivity index (χ2n) is 9.19. The van der Waals surface area contributed by atoms with Gasteiger partial charge in [-0.2, -0.15) is 0 Å². The smallest absolute Gasteiger partial charge is 0.125 e. The molecule has 0 saturated carbocycles. The van der Waals surface area contributed by atoms with Gasteiger partial charge in [0.05, 0.1) is 0 Å². The van der Waals surface area contributed by atoms with E-state index in [9.17, 15) is 0 Å². The maximum absolute atomic E-state index is 3.78. The van der Waals surface area contributed by atoms with Crippen molar-refractivity contribution in [3.05, 3.63) is 35.4 Å². The maximum Gasteiger partial charge on any atom is 0.146 e. The van der Waals surface area contributed by atoms with Crippen LogP contribution >= 0.6 is 0 Å². The Kier molecular flexibility index (Phi) is 8.92. The molecule has 0 saturated heterocycles. The third kappa shape index (κ3) is 6.81. The van der Waals surface area contributed by atoms with E-state index in [0.717, 1.165) is 11.1 Å². The van der Waals surface area contributed by atoms with E-state index in [2.05, 4.69) is 114 Å². The Morgan fingerprint density at radius 3 is 1.54 bits per heavy atom. The molecule has 0 aliphatic carbocycles. The molecular weight excluding hydrogens is 368 g/mol. The minimum Gasteiger partial charge on any atom is -0.125 e. The molecule has 0 aromatic heterocycles. The minimum atomic E-state index is -1.75. The summed E-state index contributed by atoms with van der Waals surface area (Å²) in [5.41, 5.74) is 10.8. The summed E-state index contributed by atoms with van der Waals surface area (Å²) in [6.07, 6.45) is 0. The van der Waals surface area contributed by atoms with E-state index >= 15 is 0 Å². The van der Waals surface area contributed by atoms with Crippen LogP contribution in [-0.4, -0.2) is 16.1 Å². The highest BCUT2D eigenvalue weighted by Gasteiger charge is 2.41. The van der Waals surface area contributed by atoms with E-state index in [0.29, 0.717) is 16.6 Å². The molecule has 28 heavy (non-hydrogen) atoms. The summed E-state index contributed by atoms with van der Waals surface area (Å²) in [6.45, 7) is 20.6. The van der Waals surface area contributed by atoms with Crippen molar-refractivity contribution in [2.45, 2.75) is 77.8 Å². The zero-order chi connectivity index (χ0) is 21.4. The van der Waals surface area contributed by atoms with Gasteiger partial charge in [-0.1, -0.05) is 85.2 Å². The zero-order valence-electron chi connectivity index (χ0n) is 19.0. The first kappa shape index (κ1) is 23.9. The molecule has 1 aromatic rings. The molecule has 2 heteroatoms. The summed E-state index contributed by atoms with van der Waals surface area (Å²) in [4.78, 5) is 0. The third-order valence-corrected chi connectivity index (χ3v) is 12.2. The van der Waals surface area contributed by atoms with Crippen LogP contribution in [0.25, 0.3) is 0 Å². The first-order valence-electron chi connectivity index (χ1n) is 10.2. The molecule has 0 aliphatic rings. The SMILES string of the molecule is CC(C)[Si](C#Cc1ccccc1C#CC#CC#C[Si](C)(C)C)(C(C)C)C(C)C. The van der Waals surface area contributed by atoms with Crippen LogP contribution < -0.4 is 0 Å². The summed E-state index contributed by atoms with van der Waals surface area (Å²) in [5.74, 6) is 18.3. The van der Waals surface area contributed by atoms with Crippen LogP contribution in [0.15, 0.2) is 24.3 Å². The van der Waals surface area contributed by atoms with Gasteiger partial charge >= 0.3 is 0 Å². The predicted molar refractivity (Wildman–Crippen MR) is 130 cm³/mol. The Balaban J connectivity index is 3.26. The van der Waals surface area contributed by atoms with E-state index < -0.39 is 16.1 Å². The minimum absolute atomic E-state index is 0.619. The quantitative estimate of drug-likeness (QED) is 0.400. The molecule has 0 nitrogen and oxygen atoms in total. The normalized spacial score (nSPS) is 10.9. The predicted octanol–water partition coefficient (Wildman–Crippen LogP) is 6.49. The topological polar surface area (TPSA) is 0 Å². The van der Waals surface area contributed by atoms with Crippen LogP contribution in [0.1, 0.15) is 52.7 Å². The highest BCUT2D eigenvalue weighted by molar-refractivity contribution is 6.90. The van der Waals surface area contributed by atoms with Gasteiger partial charge in [-0.3, -0.25) is 0 Å². The lowest BCUT2D eigenvalue weighted by Gasteiger charge is -2.38. The lowest BCUT2D eigenvalue weighted by molar-refractivity contribution is 0.838. The van der Waals surface area contributed by atoms with E-state index in [-0.39, 0.29) is 0 Å². The van der Waals surface area contributed by atoms with Crippen molar-refractivity contribution in [1.82, 2.24) is 0 Å². The van der Waals surface area contributed by atoms with Gasteiger partial charge in [0, 0.05) is 11.1 Å². The Morgan fingerprint density at radius 2 is 1.07 bits per heavy atom. The summed E-state index contributed by atoms with van der Waals surface area (Å²) < 4.78 is 0. The fourth-order valence-electron chi connectivity index (χ4n) is 3.69. The van der Waals surface area contributed by atoms with Gasteiger partial charge in [-0.25, -0.2) is 0 Å². The van der Waals surface area contributed by atoms with Crippen LogP contribution in [0.3, 0.4) is 0 Å². The van der Waals surface area contributed by atoms with Gasteiger partial charge in [0.15, 0.2) is 0 Å². The average molecular weight is 403 g/mol. The van der Waals surface area contributed by atoms with Gasteiger partial charge in [0.2, 0.25) is 0 Å². The first-order chi connectivity index (χ1) is 13.0. The summed E-state index contributed by atoms with van der Waals surface area (Å²) in [6, 6.07) is 8.13. The molecule has 0 N–H and O–H groups in total. The second-order valence-corrected chi connectivity index (χ2v) is 19.5. The van der Waals surface area contributed by atoms with Crippen LogP contribution in [-0.2, 0) is 0 Å². The molecule has 0 atom stereocenters. The standard InChI is InChI=1S/C26H34Si2/c1-22(2)28(23(3)4,24(5)6)21-19-26-18-14-13-17-25(26)16-12-10-11-15-20-27(7,8)9/h13-14,17-18,22-24H,1-9H3. The van der Waals surface area contributed by atoms with Crippen LogP contribution in [0.4, 0.5) is 0 Å². The van der Waals surface area contributed by atoms with Crippen molar-refractivity contribution in [3.63, 3.8) is 0 Å². The zero-order valence-corrected chi connectivity index (χ0v) is 21.0. The molecule has 1 rings (SSSR count). The Bertz CT molecular complexity index is 890. The maximum atomic E-state index is 3.78. The van der Waals surface area contributed by atoms with Crippen LogP contribution in [0.5, 0.6) is 0 Å². The molecule has 0 bridgehead atoms. The molecule has 0 amide bonds. The van der Waals surface area contributed by atoms with Gasteiger partial charge in [0.1, 0.15) is 16.1 Å². The highest BCUT2D eigenvalue weighted by atomic mass is 28.3. The van der Waals surface area contributed by atoms with Gasteiger partial charge < -0.3 is 0 Å². The van der Waals surface area contributed by atoms with Crippen molar-refractivity contribution in [1.29, 1.82) is 0 Å². The number of rotatable bonds is 3. The molecule has 0 aliphatic heterocycles. The van der Waals surface area contributed by atoms with Gasteiger partial charge in [-0.15, -0.1) is 11.1 Å². The van der Waals surface area contributed by atoms with Crippen LogP contribution in [0, 0.1) is 46.6 Å². The Morgan fingerprint density at radius 1 is 0.607 bits per heavy atom. The van der Waals surface area contributed by atoms with Crippen molar-refractivity contribution in [2.24, 2.45) is 0 Å². The van der Waals surface area contributed by atoms with Crippen LogP contribution in [0.2, 0.25) is 36.3 Å². The van der Waals surface area contributed by atoms with E-state index in [1.54, 1.807) is 0 Å². The molecule has 0 heterocycles. The van der Waals surface area contributed by atoms with Gasteiger partial charge in [-0.05, 0) is 52.4 Å². The van der Waals surface area contributed by atoms with E-state index in [1.807, 2.05) is 18.2 Å². The van der Waals surface area contributed by atoms with Gasteiger partial charge in [0.25, 0.3) is 0 Å². The molecule has 1 aromatic carbocycles. The number of benzene rings is 1. The summed E-state index contributed by atoms with van der Waals surface area (Å²) in [5, 5.41) is 0. The first-order valence-corrected chi connectivity index (χ1v) is 15.9. The summed E-state index contributed by atoms with van der Waals surface area (Å²) in [7, 11) is -3.13. The fourth-order valence-corrected chi connectivity index (χ4v) is 9.34. The molecule has 146 valence electrons. The van der Waals surface area contributed by atoms with Crippen molar-refractivity contribution >= 4 is 16.1 Å². The summed E-state index contributed by atoms with van der Waals surface area (Å²) >= 11 is 0. The highest BCUT2D eigenvalue weighted by Crippen LogP contribution is 2.40. The molecular formula is C26H34Si2. The lowest BCUT2D eigenvalue weighted by Crippen LogP contribution is -2.43. The molecule has 0 fully saturated rings. The average Bonchev–Trinajstić information content (AvgIpc) is 2.57. The van der Waals surface area contributed by atoms with Crippen molar-refractivity contribution in [3.8, 4) is 46.6 Å². The van der Waals surface area contributed by atoms with Crippen molar-refractivity contribution in [2.75, 3.05) is 0 Å². The number of hydrogen-bond acceptors (Lipinski definition) is 0.